The average molecular weight is 295 g/mol. The molecular formula is C13H17N3O3S. The van der Waals surface area contributed by atoms with Gasteiger partial charge in [0.1, 0.15) is 5.82 Å². The minimum Gasteiger partial charge on any atom is -0.389 e. The van der Waals surface area contributed by atoms with Crippen LogP contribution in [-0.2, 0) is 16.4 Å². The zero-order valence-electron chi connectivity index (χ0n) is 11.1. The van der Waals surface area contributed by atoms with Crippen molar-refractivity contribution in [1.82, 2.24) is 14.7 Å². The topological polar surface area (TPSA) is 95.1 Å². The fourth-order valence-corrected chi connectivity index (χ4v) is 2.85. The number of nitrogens with one attached hydrogen (secondary N) is 2. The van der Waals surface area contributed by atoms with Crippen molar-refractivity contribution in [3.63, 3.8) is 0 Å². The van der Waals surface area contributed by atoms with Crippen LogP contribution in [0.1, 0.15) is 24.4 Å². The van der Waals surface area contributed by atoms with E-state index < -0.39 is 16.1 Å². The maximum Gasteiger partial charge on any atom is 0.240 e. The zero-order valence-corrected chi connectivity index (χ0v) is 11.9. The average Bonchev–Trinajstić information content (AvgIpc) is 2.92. The fourth-order valence-electron chi connectivity index (χ4n) is 1.76. The van der Waals surface area contributed by atoms with Gasteiger partial charge in [-0.15, -0.1) is 0 Å². The van der Waals surface area contributed by atoms with Crippen molar-refractivity contribution in [1.29, 1.82) is 0 Å². The number of imidazole rings is 1. The molecule has 108 valence electrons. The molecule has 1 heterocycles. The zero-order chi connectivity index (χ0) is 14.6. The highest BCUT2D eigenvalue weighted by Crippen LogP contribution is 2.16. The van der Waals surface area contributed by atoms with E-state index in [-0.39, 0.29) is 11.4 Å². The number of hydrogen-bond acceptors (Lipinski definition) is 4. The summed E-state index contributed by atoms with van der Waals surface area (Å²) in [5.74, 6) is 0.727. The van der Waals surface area contributed by atoms with Crippen LogP contribution in [0.3, 0.4) is 0 Å². The van der Waals surface area contributed by atoms with Crippen molar-refractivity contribution in [2.45, 2.75) is 24.3 Å². The van der Waals surface area contributed by atoms with Gasteiger partial charge in [-0.1, -0.05) is 12.1 Å². The molecule has 6 nitrogen and oxygen atoms in total. The molecule has 0 radical (unpaired) electrons. The molecule has 0 saturated carbocycles. The molecule has 0 amide bonds. The van der Waals surface area contributed by atoms with E-state index >= 15 is 0 Å². The van der Waals surface area contributed by atoms with Gasteiger partial charge in [-0.3, -0.25) is 0 Å². The van der Waals surface area contributed by atoms with Gasteiger partial charge in [-0.25, -0.2) is 18.1 Å². The second-order valence-electron chi connectivity index (χ2n) is 4.43. The summed E-state index contributed by atoms with van der Waals surface area (Å²) in [7, 11) is -3.57. The lowest BCUT2D eigenvalue weighted by Gasteiger charge is -2.09. The molecule has 2 rings (SSSR count). The van der Waals surface area contributed by atoms with Gasteiger partial charge in [0.15, 0.2) is 0 Å². The number of hydrogen-bond donors (Lipinski definition) is 3. The highest BCUT2D eigenvalue weighted by Gasteiger charge is 2.15. The summed E-state index contributed by atoms with van der Waals surface area (Å²) in [5.41, 5.74) is 0.568. The summed E-state index contributed by atoms with van der Waals surface area (Å²) in [4.78, 5) is 7.08. The van der Waals surface area contributed by atoms with E-state index in [4.69, 9.17) is 0 Å². The first-order valence-electron chi connectivity index (χ1n) is 6.25. The standard InChI is InChI=1S/C13H17N3O3S/c1-10(17)11-3-2-4-12(9-11)20(18,19)16-6-5-13-14-7-8-15-13/h2-4,7-10,16-17H,5-6H2,1H3,(H,14,15). The van der Waals surface area contributed by atoms with Crippen molar-refractivity contribution >= 4 is 10.0 Å². The second kappa shape index (κ2) is 6.17. The minimum absolute atomic E-state index is 0.148. The molecule has 1 aromatic carbocycles. The van der Waals surface area contributed by atoms with Gasteiger partial charge in [0.2, 0.25) is 10.0 Å². The number of nitrogens with zero attached hydrogens (tertiary/aromatic N) is 1. The lowest BCUT2D eigenvalue weighted by molar-refractivity contribution is 0.199. The minimum atomic E-state index is -3.57. The monoisotopic (exact) mass is 295 g/mol. The lowest BCUT2D eigenvalue weighted by atomic mass is 10.1. The summed E-state index contributed by atoms with van der Waals surface area (Å²) in [6.45, 7) is 1.85. The Morgan fingerprint density at radius 3 is 2.90 bits per heavy atom. The van der Waals surface area contributed by atoms with Crippen LogP contribution in [0.5, 0.6) is 0 Å². The molecule has 7 heteroatoms. The van der Waals surface area contributed by atoms with Crippen molar-refractivity contribution in [3.05, 3.63) is 48.0 Å². The van der Waals surface area contributed by atoms with Gasteiger partial charge in [-0.05, 0) is 24.6 Å². The summed E-state index contributed by atoms with van der Waals surface area (Å²) in [5, 5.41) is 9.49. The number of rotatable bonds is 6. The molecule has 0 fully saturated rings. The molecule has 0 aliphatic rings. The number of H-pyrrole nitrogens is 1. The smallest absolute Gasteiger partial charge is 0.240 e. The highest BCUT2D eigenvalue weighted by molar-refractivity contribution is 7.89. The second-order valence-corrected chi connectivity index (χ2v) is 6.20. The lowest BCUT2D eigenvalue weighted by Crippen LogP contribution is -2.26. The normalized spacial score (nSPS) is 13.3. The van der Waals surface area contributed by atoms with E-state index in [1.54, 1.807) is 31.5 Å². The summed E-state index contributed by atoms with van der Waals surface area (Å²) in [6, 6.07) is 6.27. The Hall–Kier alpha value is -1.70. The SMILES string of the molecule is CC(O)c1cccc(S(=O)(=O)NCCc2ncc[nH]2)c1. The Kier molecular flexibility index (Phi) is 4.53. The van der Waals surface area contributed by atoms with Crippen LogP contribution < -0.4 is 4.72 Å². The Labute approximate surface area is 117 Å². The van der Waals surface area contributed by atoms with Gasteiger partial charge in [0.05, 0.1) is 11.0 Å². The molecule has 0 spiro atoms. The van der Waals surface area contributed by atoms with Crippen molar-refractivity contribution < 1.29 is 13.5 Å². The molecule has 1 atom stereocenters. The van der Waals surface area contributed by atoms with Crippen molar-refractivity contribution in [3.8, 4) is 0 Å². The third kappa shape index (κ3) is 3.66. The fraction of sp³-hybridized carbons (Fsp3) is 0.308. The van der Waals surface area contributed by atoms with Crippen LogP contribution in [0.2, 0.25) is 0 Å². The first kappa shape index (κ1) is 14.7. The number of aliphatic hydroxyl groups excluding tert-OH is 1. The Morgan fingerprint density at radius 2 is 2.25 bits per heavy atom. The van der Waals surface area contributed by atoms with Gasteiger partial charge in [-0.2, -0.15) is 0 Å². The van der Waals surface area contributed by atoms with Gasteiger partial charge in [0, 0.05) is 25.4 Å². The van der Waals surface area contributed by atoms with Crippen LogP contribution in [0.4, 0.5) is 0 Å². The van der Waals surface area contributed by atoms with Crippen molar-refractivity contribution in [2.24, 2.45) is 0 Å². The van der Waals surface area contributed by atoms with E-state index in [1.165, 1.54) is 12.1 Å². The van der Waals surface area contributed by atoms with Crippen LogP contribution in [0.15, 0.2) is 41.6 Å². The largest absolute Gasteiger partial charge is 0.389 e. The van der Waals surface area contributed by atoms with Crippen molar-refractivity contribution in [2.75, 3.05) is 6.54 Å². The van der Waals surface area contributed by atoms with Gasteiger partial charge < -0.3 is 10.1 Å². The Balaban J connectivity index is 2.04. The van der Waals surface area contributed by atoms with Crippen LogP contribution in [0, 0.1) is 0 Å². The number of sulfonamides is 1. The molecule has 1 aromatic heterocycles. The van der Waals surface area contributed by atoms with E-state index in [9.17, 15) is 13.5 Å². The first-order valence-corrected chi connectivity index (χ1v) is 7.73. The first-order chi connectivity index (χ1) is 9.49. The molecule has 3 N–H and O–H groups in total. The predicted octanol–water partition coefficient (Wildman–Crippen LogP) is 0.984. The molecule has 0 saturated heterocycles. The van der Waals surface area contributed by atoms with Crippen LogP contribution in [0.25, 0.3) is 0 Å². The third-order valence-corrected chi connectivity index (χ3v) is 4.32. The number of aliphatic hydroxyl groups is 1. The molecule has 20 heavy (non-hydrogen) atoms. The molecule has 2 aromatic rings. The maximum absolute atomic E-state index is 12.1. The summed E-state index contributed by atoms with van der Waals surface area (Å²) < 4.78 is 26.7. The van der Waals surface area contributed by atoms with E-state index in [0.29, 0.717) is 12.0 Å². The van der Waals surface area contributed by atoms with E-state index in [2.05, 4.69) is 14.7 Å². The number of aromatic amines is 1. The quantitative estimate of drug-likeness (QED) is 0.740. The number of aromatic nitrogens is 2. The highest BCUT2D eigenvalue weighted by atomic mass is 32.2. The van der Waals surface area contributed by atoms with E-state index in [1.807, 2.05) is 0 Å². The molecule has 1 unspecified atom stereocenters. The molecule has 0 bridgehead atoms. The van der Waals surface area contributed by atoms with Gasteiger partial charge in [0.25, 0.3) is 0 Å². The summed E-state index contributed by atoms with van der Waals surface area (Å²) >= 11 is 0. The summed E-state index contributed by atoms with van der Waals surface area (Å²) in [6.07, 6.45) is 3.10. The van der Waals surface area contributed by atoms with E-state index in [0.717, 1.165) is 5.82 Å². The van der Waals surface area contributed by atoms with Crippen LogP contribution in [-0.4, -0.2) is 30.0 Å². The predicted molar refractivity (Wildman–Crippen MR) is 74.6 cm³/mol. The Morgan fingerprint density at radius 1 is 1.45 bits per heavy atom. The molecular weight excluding hydrogens is 278 g/mol. The maximum atomic E-state index is 12.1. The molecule has 0 aliphatic carbocycles. The van der Waals surface area contributed by atoms with Crippen LogP contribution >= 0.6 is 0 Å². The molecule has 0 aliphatic heterocycles. The third-order valence-electron chi connectivity index (χ3n) is 2.86. The Bertz CT molecular complexity index is 651. The van der Waals surface area contributed by atoms with Gasteiger partial charge >= 0.3 is 0 Å². The number of benzene rings is 1.